The van der Waals surface area contributed by atoms with Crippen molar-refractivity contribution in [2.45, 2.75) is 12.5 Å². The first kappa shape index (κ1) is 24.6. The number of pyridine rings is 1. The minimum atomic E-state index is -0.503. The van der Waals surface area contributed by atoms with E-state index in [9.17, 15) is 9.90 Å². The van der Waals surface area contributed by atoms with E-state index in [4.69, 9.17) is 0 Å². The molecule has 0 unspecified atom stereocenters. The van der Waals surface area contributed by atoms with Crippen molar-refractivity contribution >= 4 is 36.4 Å². The summed E-state index contributed by atoms with van der Waals surface area (Å²) in [6.07, 6.45) is 3.52. The number of nitrogens with zero attached hydrogens (tertiary/aromatic N) is 1. The highest BCUT2D eigenvalue weighted by molar-refractivity contribution is 6.03. The van der Waals surface area contributed by atoms with Crippen molar-refractivity contribution < 1.29 is 9.90 Å². The average Bonchev–Trinajstić information content (AvgIpc) is 2.73. The van der Waals surface area contributed by atoms with Crippen molar-refractivity contribution in [3.05, 3.63) is 95.8 Å². The molecule has 5 nitrogen and oxygen atoms in total. The van der Waals surface area contributed by atoms with Gasteiger partial charge < -0.3 is 15.7 Å². The van der Waals surface area contributed by atoms with Crippen molar-refractivity contribution in [3.8, 4) is 0 Å². The molecule has 3 N–H and O–H groups in total. The first-order chi connectivity index (χ1) is 13.2. The lowest BCUT2D eigenvalue weighted by Crippen LogP contribution is -2.23. The predicted octanol–water partition coefficient (Wildman–Crippen LogP) is 4.04. The van der Waals surface area contributed by atoms with Gasteiger partial charge in [-0.15, -0.1) is 24.8 Å². The quantitative estimate of drug-likeness (QED) is 0.468. The maximum atomic E-state index is 12.1. The van der Waals surface area contributed by atoms with Gasteiger partial charge in [-0.3, -0.25) is 9.78 Å². The molecule has 29 heavy (non-hydrogen) atoms. The average molecular weight is 434 g/mol. The van der Waals surface area contributed by atoms with Crippen molar-refractivity contribution in [1.82, 2.24) is 10.3 Å². The zero-order valence-corrected chi connectivity index (χ0v) is 17.5. The first-order valence-corrected chi connectivity index (χ1v) is 8.96. The van der Waals surface area contributed by atoms with E-state index in [2.05, 4.69) is 15.6 Å². The molecule has 1 amide bonds. The molecule has 0 saturated carbocycles. The summed E-state index contributed by atoms with van der Waals surface area (Å²) in [5.74, 6) is -0.174. The Labute approximate surface area is 183 Å². The molecule has 7 heteroatoms. The molecule has 2 aromatic carbocycles. The summed E-state index contributed by atoms with van der Waals surface area (Å²) >= 11 is 0. The van der Waals surface area contributed by atoms with E-state index in [1.807, 2.05) is 54.6 Å². The second-order valence-corrected chi connectivity index (χ2v) is 6.27. The number of carbonyl (C=O) groups excluding carboxylic acids is 1. The fourth-order valence-corrected chi connectivity index (χ4v) is 2.72. The van der Waals surface area contributed by atoms with E-state index >= 15 is 0 Å². The molecular weight excluding hydrogens is 409 g/mol. The fraction of sp³-hybridized carbons (Fsp3) is 0.182. The lowest BCUT2D eigenvalue weighted by Gasteiger charge is -2.12. The Morgan fingerprint density at radius 1 is 0.966 bits per heavy atom. The summed E-state index contributed by atoms with van der Waals surface area (Å²) < 4.78 is 0. The fourth-order valence-electron chi connectivity index (χ4n) is 2.72. The highest BCUT2D eigenvalue weighted by Crippen LogP contribution is 2.12. The number of hydrogen-bond acceptors (Lipinski definition) is 4. The number of aromatic nitrogens is 1. The minimum absolute atomic E-state index is 0. The number of aliphatic hydroxyl groups excluding tert-OH is 1. The third-order valence-corrected chi connectivity index (χ3v) is 4.25. The molecule has 3 rings (SSSR count). The highest BCUT2D eigenvalue weighted by Gasteiger charge is 2.07. The Hall–Kier alpha value is -2.44. The normalized spacial score (nSPS) is 10.9. The molecule has 3 aromatic rings. The zero-order chi connectivity index (χ0) is 18.9. The van der Waals surface area contributed by atoms with Crippen molar-refractivity contribution in [3.63, 3.8) is 0 Å². The SMILES string of the molecule is Cl.Cl.O=C(Nc1ccc(CCNC[C@H](O)c2ccccc2)cc1)c1cccnc1. The van der Waals surface area contributed by atoms with E-state index in [0.717, 1.165) is 29.8 Å². The van der Waals surface area contributed by atoms with Gasteiger partial charge in [0.1, 0.15) is 0 Å². The third-order valence-electron chi connectivity index (χ3n) is 4.25. The van der Waals surface area contributed by atoms with Gasteiger partial charge in [0.25, 0.3) is 5.91 Å². The molecule has 0 radical (unpaired) electrons. The van der Waals surface area contributed by atoms with Gasteiger partial charge in [0.15, 0.2) is 0 Å². The van der Waals surface area contributed by atoms with Crippen LogP contribution in [0.5, 0.6) is 0 Å². The van der Waals surface area contributed by atoms with Gasteiger partial charge in [-0.05, 0) is 48.4 Å². The molecular formula is C22H25Cl2N3O2. The summed E-state index contributed by atoms with van der Waals surface area (Å²) in [5, 5.41) is 16.3. The van der Waals surface area contributed by atoms with Gasteiger partial charge in [0.2, 0.25) is 0 Å². The maximum Gasteiger partial charge on any atom is 0.257 e. The first-order valence-electron chi connectivity index (χ1n) is 8.96. The lowest BCUT2D eigenvalue weighted by molar-refractivity contribution is 0.102. The number of carbonyl (C=O) groups is 1. The van der Waals surface area contributed by atoms with E-state index in [1.165, 1.54) is 0 Å². The standard InChI is InChI=1S/C22H23N3O2.2ClH/c26-21(18-5-2-1-3-6-18)16-24-14-12-17-8-10-20(11-9-17)25-22(27)19-7-4-13-23-15-19;;/h1-11,13,15,21,24,26H,12,14,16H2,(H,25,27);2*1H/t21-;;/m0../s1. The maximum absolute atomic E-state index is 12.1. The molecule has 0 spiro atoms. The highest BCUT2D eigenvalue weighted by atomic mass is 35.5. The van der Waals surface area contributed by atoms with Crippen LogP contribution in [0.1, 0.15) is 27.6 Å². The molecule has 1 aromatic heterocycles. The molecule has 154 valence electrons. The Bertz CT molecular complexity index is 847. The smallest absolute Gasteiger partial charge is 0.257 e. The Kier molecular flexibility index (Phi) is 10.9. The van der Waals surface area contributed by atoms with Gasteiger partial charge >= 0.3 is 0 Å². The van der Waals surface area contributed by atoms with Gasteiger partial charge in [0.05, 0.1) is 11.7 Å². The number of halogens is 2. The summed E-state index contributed by atoms with van der Waals surface area (Å²) in [6.45, 7) is 1.29. The second-order valence-electron chi connectivity index (χ2n) is 6.27. The van der Waals surface area contributed by atoms with Crippen LogP contribution in [0.4, 0.5) is 5.69 Å². The number of rotatable bonds is 8. The number of benzene rings is 2. The summed E-state index contributed by atoms with van der Waals surface area (Å²) in [5.41, 5.74) is 3.36. The number of nitrogens with one attached hydrogen (secondary N) is 2. The van der Waals surface area contributed by atoms with Crippen LogP contribution >= 0.6 is 24.8 Å². The molecule has 1 heterocycles. The van der Waals surface area contributed by atoms with E-state index in [1.54, 1.807) is 24.5 Å². The van der Waals surface area contributed by atoms with Crippen LogP contribution in [-0.4, -0.2) is 29.1 Å². The molecule has 1 atom stereocenters. The predicted molar refractivity (Wildman–Crippen MR) is 121 cm³/mol. The second kappa shape index (κ2) is 12.9. The van der Waals surface area contributed by atoms with Crippen molar-refractivity contribution in [2.75, 3.05) is 18.4 Å². The summed E-state index contributed by atoms with van der Waals surface area (Å²) in [6, 6.07) is 20.9. The van der Waals surface area contributed by atoms with E-state index < -0.39 is 6.10 Å². The van der Waals surface area contributed by atoms with Crippen molar-refractivity contribution in [1.29, 1.82) is 0 Å². The Morgan fingerprint density at radius 3 is 2.34 bits per heavy atom. The van der Waals surface area contributed by atoms with Crippen LogP contribution in [0.2, 0.25) is 0 Å². The molecule has 0 aliphatic carbocycles. The van der Waals surface area contributed by atoms with Crippen LogP contribution in [0.25, 0.3) is 0 Å². The lowest BCUT2D eigenvalue weighted by atomic mass is 10.1. The molecule has 0 aliphatic rings. The minimum Gasteiger partial charge on any atom is -0.387 e. The van der Waals surface area contributed by atoms with Gasteiger partial charge in [-0.25, -0.2) is 0 Å². The number of amides is 1. The molecule has 0 bridgehead atoms. The van der Waals surface area contributed by atoms with Crippen LogP contribution in [-0.2, 0) is 6.42 Å². The third kappa shape index (κ3) is 7.83. The van der Waals surface area contributed by atoms with Gasteiger partial charge in [-0.2, -0.15) is 0 Å². The van der Waals surface area contributed by atoms with E-state index in [-0.39, 0.29) is 30.7 Å². The number of anilines is 1. The number of aliphatic hydroxyl groups is 1. The van der Waals surface area contributed by atoms with Crippen LogP contribution in [0.3, 0.4) is 0 Å². The van der Waals surface area contributed by atoms with Gasteiger partial charge in [-0.1, -0.05) is 42.5 Å². The van der Waals surface area contributed by atoms with Crippen LogP contribution in [0, 0.1) is 0 Å². The Morgan fingerprint density at radius 2 is 1.69 bits per heavy atom. The molecule has 0 saturated heterocycles. The van der Waals surface area contributed by atoms with Gasteiger partial charge in [0, 0.05) is 24.6 Å². The molecule has 0 aliphatic heterocycles. The monoisotopic (exact) mass is 433 g/mol. The topological polar surface area (TPSA) is 74.2 Å². The number of hydrogen-bond donors (Lipinski definition) is 3. The largest absolute Gasteiger partial charge is 0.387 e. The van der Waals surface area contributed by atoms with E-state index in [0.29, 0.717) is 12.1 Å². The summed E-state index contributed by atoms with van der Waals surface area (Å²) in [4.78, 5) is 16.1. The van der Waals surface area contributed by atoms with Crippen LogP contribution in [0.15, 0.2) is 79.1 Å². The Balaban J connectivity index is 0.00000210. The summed E-state index contributed by atoms with van der Waals surface area (Å²) in [7, 11) is 0. The van der Waals surface area contributed by atoms with Crippen LogP contribution < -0.4 is 10.6 Å². The molecule has 0 fully saturated rings. The van der Waals surface area contributed by atoms with Crippen molar-refractivity contribution in [2.24, 2.45) is 0 Å². The zero-order valence-electron chi connectivity index (χ0n) is 15.8.